The minimum Gasteiger partial charge on any atom is -0.372 e. The van der Waals surface area contributed by atoms with Crippen molar-refractivity contribution in [1.29, 1.82) is 0 Å². The third-order valence-corrected chi connectivity index (χ3v) is 3.49. The van der Waals surface area contributed by atoms with Gasteiger partial charge < -0.3 is 10.6 Å². The standard InChI is InChI=1S/C13H19FN2/c1-16(9-10-5-4-7-12(10)15)13-8-3-2-6-11(13)14/h2-3,6,8,10,12H,4-5,7,9,15H2,1H3. The number of halogens is 1. The van der Waals surface area contributed by atoms with Crippen LogP contribution in [0.2, 0.25) is 0 Å². The Morgan fingerprint density at radius 1 is 1.38 bits per heavy atom. The molecule has 0 aliphatic heterocycles. The number of hydrogen-bond donors (Lipinski definition) is 1. The smallest absolute Gasteiger partial charge is 0.146 e. The highest BCUT2D eigenvalue weighted by atomic mass is 19.1. The van der Waals surface area contributed by atoms with E-state index in [1.54, 1.807) is 6.07 Å². The van der Waals surface area contributed by atoms with Gasteiger partial charge in [-0.1, -0.05) is 18.6 Å². The molecular weight excluding hydrogens is 203 g/mol. The second kappa shape index (κ2) is 4.83. The van der Waals surface area contributed by atoms with E-state index in [0.717, 1.165) is 13.0 Å². The van der Waals surface area contributed by atoms with Crippen LogP contribution in [0.1, 0.15) is 19.3 Å². The Morgan fingerprint density at radius 2 is 2.12 bits per heavy atom. The SMILES string of the molecule is CN(CC1CCCC1N)c1ccccc1F. The molecule has 1 aromatic carbocycles. The summed E-state index contributed by atoms with van der Waals surface area (Å²) in [6.07, 6.45) is 3.48. The van der Waals surface area contributed by atoms with Gasteiger partial charge in [-0.05, 0) is 30.9 Å². The van der Waals surface area contributed by atoms with Crippen molar-refractivity contribution in [3.63, 3.8) is 0 Å². The number of benzene rings is 1. The minimum atomic E-state index is -0.156. The van der Waals surface area contributed by atoms with E-state index in [0.29, 0.717) is 11.6 Å². The quantitative estimate of drug-likeness (QED) is 0.851. The number of anilines is 1. The predicted octanol–water partition coefficient (Wildman–Crippen LogP) is 2.39. The Labute approximate surface area is 96.2 Å². The molecular formula is C13H19FN2. The Hall–Kier alpha value is -1.09. The zero-order valence-electron chi connectivity index (χ0n) is 9.70. The van der Waals surface area contributed by atoms with Gasteiger partial charge in [0.1, 0.15) is 5.82 Å². The number of rotatable bonds is 3. The molecule has 2 atom stereocenters. The van der Waals surface area contributed by atoms with Crippen molar-refractivity contribution >= 4 is 5.69 Å². The molecule has 1 saturated carbocycles. The third kappa shape index (κ3) is 2.35. The van der Waals surface area contributed by atoms with Crippen molar-refractivity contribution in [3.8, 4) is 0 Å². The number of para-hydroxylation sites is 1. The lowest BCUT2D eigenvalue weighted by Crippen LogP contribution is -2.34. The molecule has 0 spiro atoms. The maximum absolute atomic E-state index is 13.5. The lowest BCUT2D eigenvalue weighted by Gasteiger charge is -2.25. The van der Waals surface area contributed by atoms with Crippen molar-refractivity contribution in [3.05, 3.63) is 30.1 Å². The molecule has 0 aromatic heterocycles. The first-order valence-electron chi connectivity index (χ1n) is 5.89. The van der Waals surface area contributed by atoms with Gasteiger partial charge in [-0.15, -0.1) is 0 Å². The summed E-state index contributed by atoms with van der Waals surface area (Å²) < 4.78 is 13.5. The van der Waals surface area contributed by atoms with Gasteiger partial charge in [0, 0.05) is 19.6 Å². The van der Waals surface area contributed by atoms with Gasteiger partial charge in [-0.3, -0.25) is 0 Å². The molecule has 0 amide bonds. The highest BCUT2D eigenvalue weighted by molar-refractivity contribution is 5.46. The van der Waals surface area contributed by atoms with E-state index >= 15 is 0 Å². The summed E-state index contributed by atoms with van der Waals surface area (Å²) in [7, 11) is 1.93. The van der Waals surface area contributed by atoms with Crippen LogP contribution in [-0.4, -0.2) is 19.6 Å². The summed E-state index contributed by atoms with van der Waals surface area (Å²) in [5.74, 6) is 0.348. The first kappa shape index (κ1) is 11.4. The lowest BCUT2D eigenvalue weighted by atomic mass is 10.0. The molecule has 1 aliphatic rings. The first-order valence-corrected chi connectivity index (χ1v) is 5.89. The normalized spacial score (nSPS) is 24.7. The number of nitrogens with zero attached hydrogens (tertiary/aromatic N) is 1. The monoisotopic (exact) mass is 222 g/mol. The third-order valence-electron chi connectivity index (χ3n) is 3.49. The van der Waals surface area contributed by atoms with E-state index in [2.05, 4.69) is 0 Å². The van der Waals surface area contributed by atoms with Crippen LogP contribution in [0.3, 0.4) is 0 Å². The molecule has 0 radical (unpaired) electrons. The first-order chi connectivity index (χ1) is 7.68. The lowest BCUT2D eigenvalue weighted by molar-refractivity contribution is 0.479. The molecule has 2 nitrogen and oxygen atoms in total. The van der Waals surface area contributed by atoms with Gasteiger partial charge in [0.05, 0.1) is 5.69 Å². The average Bonchev–Trinajstić information content (AvgIpc) is 2.65. The molecule has 3 heteroatoms. The molecule has 1 fully saturated rings. The molecule has 1 aliphatic carbocycles. The zero-order chi connectivity index (χ0) is 11.5. The van der Waals surface area contributed by atoms with Crippen molar-refractivity contribution in [2.24, 2.45) is 11.7 Å². The van der Waals surface area contributed by atoms with E-state index in [4.69, 9.17) is 5.73 Å². The molecule has 0 saturated heterocycles. The van der Waals surface area contributed by atoms with Gasteiger partial charge in [0.15, 0.2) is 0 Å². The van der Waals surface area contributed by atoms with Gasteiger partial charge in [-0.2, -0.15) is 0 Å². The number of nitrogens with two attached hydrogens (primary N) is 1. The Bertz CT molecular complexity index is 354. The fourth-order valence-corrected chi connectivity index (χ4v) is 2.50. The Morgan fingerprint density at radius 3 is 2.75 bits per heavy atom. The Balaban J connectivity index is 2.03. The summed E-state index contributed by atoms with van der Waals surface area (Å²) in [4.78, 5) is 1.98. The topological polar surface area (TPSA) is 29.3 Å². The fourth-order valence-electron chi connectivity index (χ4n) is 2.50. The van der Waals surface area contributed by atoms with Crippen LogP contribution in [0.25, 0.3) is 0 Å². The van der Waals surface area contributed by atoms with E-state index < -0.39 is 0 Å². The number of hydrogen-bond acceptors (Lipinski definition) is 2. The highest BCUT2D eigenvalue weighted by Gasteiger charge is 2.25. The van der Waals surface area contributed by atoms with Crippen molar-refractivity contribution < 1.29 is 4.39 Å². The second-order valence-corrected chi connectivity index (χ2v) is 4.69. The predicted molar refractivity (Wildman–Crippen MR) is 65.0 cm³/mol. The molecule has 0 heterocycles. The minimum absolute atomic E-state index is 0.156. The summed E-state index contributed by atoms with van der Waals surface area (Å²) >= 11 is 0. The molecule has 2 unspecified atom stereocenters. The van der Waals surface area contributed by atoms with Crippen LogP contribution in [0, 0.1) is 11.7 Å². The van der Waals surface area contributed by atoms with Crippen molar-refractivity contribution in [2.45, 2.75) is 25.3 Å². The summed E-state index contributed by atoms with van der Waals surface area (Å²) in [6, 6.07) is 7.18. The molecule has 1 aromatic rings. The molecule has 88 valence electrons. The average molecular weight is 222 g/mol. The van der Waals surface area contributed by atoms with Crippen molar-refractivity contribution in [2.75, 3.05) is 18.5 Å². The van der Waals surface area contributed by atoms with Crippen molar-refractivity contribution in [1.82, 2.24) is 0 Å². The van der Waals surface area contributed by atoms with Gasteiger partial charge in [0.25, 0.3) is 0 Å². The maximum Gasteiger partial charge on any atom is 0.146 e. The molecule has 16 heavy (non-hydrogen) atoms. The highest BCUT2D eigenvalue weighted by Crippen LogP contribution is 2.27. The maximum atomic E-state index is 13.5. The second-order valence-electron chi connectivity index (χ2n) is 4.69. The largest absolute Gasteiger partial charge is 0.372 e. The van der Waals surface area contributed by atoms with Crippen LogP contribution in [0.15, 0.2) is 24.3 Å². The van der Waals surface area contributed by atoms with Crippen LogP contribution in [0.4, 0.5) is 10.1 Å². The fraction of sp³-hybridized carbons (Fsp3) is 0.538. The van der Waals surface area contributed by atoms with Gasteiger partial charge in [0.2, 0.25) is 0 Å². The molecule has 0 bridgehead atoms. The van der Waals surface area contributed by atoms with Gasteiger partial charge in [-0.25, -0.2) is 4.39 Å². The zero-order valence-corrected chi connectivity index (χ0v) is 9.70. The van der Waals surface area contributed by atoms with E-state index in [9.17, 15) is 4.39 Å². The van der Waals surface area contributed by atoms with E-state index in [1.807, 2.05) is 24.1 Å². The summed E-state index contributed by atoms with van der Waals surface area (Å²) in [5, 5.41) is 0. The molecule has 2 rings (SSSR count). The van der Waals surface area contributed by atoms with Crippen LogP contribution >= 0.6 is 0 Å². The summed E-state index contributed by atoms with van der Waals surface area (Å²) in [5.41, 5.74) is 6.69. The van der Waals surface area contributed by atoms with E-state index in [1.165, 1.54) is 18.9 Å². The van der Waals surface area contributed by atoms with Crippen LogP contribution in [-0.2, 0) is 0 Å². The van der Waals surface area contributed by atoms with Gasteiger partial charge >= 0.3 is 0 Å². The summed E-state index contributed by atoms with van der Waals surface area (Å²) in [6.45, 7) is 0.849. The molecule has 2 N–H and O–H groups in total. The van der Waals surface area contributed by atoms with Crippen LogP contribution < -0.4 is 10.6 Å². The Kier molecular flexibility index (Phi) is 3.44. The van der Waals surface area contributed by atoms with E-state index in [-0.39, 0.29) is 11.9 Å². The van der Waals surface area contributed by atoms with Crippen LogP contribution in [0.5, 0.6) is 0 Å².